The zero-order chi connectivity index (χ0) is 24.5. The number of nitrogens with zero attached hydrogens (tertiary/aromatic N) is 2. The molecule has 0 saturated heterocycles. The third-order valence-corrected chi connectivity index (χ3v) is 6.43. The number of carbonyl (C=O) groups is 1. The molecule has 1 heterocycles. The Morgan fingerprint density at radius 3 is 2.25 bits per heavy atom. The quantitative estimate of drug-likeness (QED) is 0.282. The van der Waals surface area contributed by atoms with Gasteiger partial charge in [-0.1, -0.05) is 91.0 Å². The molecule has 0 radical (unpaired) electrons. The molecule has 0 bridgehead atoms. The second kappa shape index (κ2) is 9.19. The summed E-state index contributed by atoms with van der Waals surface area (Å²) >= 11 is 0. The molecule has 1 unspecified atom stereocenters. The number of rotatable bonds is 5. The van der Waals surface area contributed by atoms with Crippen molar-refractivity contribution in [2.45, 2.75) is 19.8 Å². The van der Waals surface area contributed by atoms with Gasteiger partial charge in [-0.25, -0.2) is 0 Å². The minimum Gasteiger partial charge on any atom is -0.488 e. The molecule has 5 aromatic carbocycles. The Bertz CT molecular complexity index is 1610. The fourth-order valence-electron chi connectivity index (χ4n) is 4.68. The van der Waals surface area contributed by atoms with Crippen molar-refractivity contribution in [1.29, 1.82) is 0 Å². The van der Waals surface area contributed by atoms with E-state index in [9.17, 15) is 4.79 Å². The molecule has 6 rings (SSSR count). The van der Waals surface area contributed by atoms with E-state index in [0.717, 1.165) is 32.8 Å². The maximum atomic E-state index is 12.6. The smallest absolute Gasteiger partial charge is 0.243 e. The number of ether oxygens (including phenoxy) is 2. The zero-order valence-electron chi connectivity index (χ0n) is 19.8. The van der Waals surface area contributed by atoms with Crippen molar-refractivity contribution >= 4 is 33.3 Å². The van der Waals surface area contributed by atoms with Crippen LogP contribution in [0.15, 0.2) is 114 Å². The van der Waals surface area contributed by atoms with Gasteiger partial charge in [0, 0.05) is 12.5 Å². The Kier molecular flexibility index (Phi) is 5.58. The minimum absolute atomic E-state index is 0.209. The summed E-state index contributed by atoms with van der Waals surface area (Å²) in [7, 11) is 0. The van der Waals surface area contributed by atoms with Crippen LogP contribution in [0, 0.1) is 0 Å². The summed E-state index contributed by atoms with van der Waals surface area (Å²) in [6, 6.07) is 36.1. The van der Waals surface area contributed by atoms with E-state index in [-0.39, 0.29) is 5.91 Å². The van der Waals surface area contributed by atoms with Crippen molar-refractivity contribution in [1.82, 2.24) is 5.01 Å². The summed E-state index contributed by atoms with van der Waals surface area (Å²) < 4.78 is 12.7. The van der Waals surface area contributed by atoms with Crippen LogP contribution in [-0.2, 0) is 16.1 Å². The Labute approximate surface area is 209 Å². The number of benzene rings is 5. The van der Waals surface area contributed by atoms with Crippen LogP contribution in [0.3, 0.4) is 0 Å². The first-order valence-electron chi connectivity index (χ1n) is 11.9. The molecule has 0 spiro atoms. The first-order valence-corrected chi connectivity index (χ1v) is 11.9. The standard InChI is InChI=1S/C31H24N2O3/c1-21(34)33-31(36-30(32-33)27-18-9-13-23-11-3-5-16-26(23)27)28-17-6-7-19-29(28)35-20-24-14-8-12-22-10-2-4-15-25(22)24/h2-19,31H,20H2,1H3. The first-order chi connectivity index (χ1) is 17.7. The van der Waals surface area contributed by atoms with Crippen LogP contribution in [-0.4, -0.2) is 16.8 Å². The molecule has 0 fully saturated rings. The lowest BCUT2D eigenvalue weighted by molar-refractivity contribution is -0.135. The van der Waals surface area contributed by atoms with Crippen molar-refractivity contribution in [2.75, 3.05) is 0 Å². The van der Waals surface area contributed by atoms with E-state index in [2.05, 4.69) is 29.4 Å². The first kappa shape index (κ1) is 21.9. The van der Waals surface area contributed by atoms with E-state index < -0.39 is 6.23 Å². The number of carbonyl (C=O) groups excluding carboxylic acids is 1. The molecule has 36 heavy (non-hydrogen) atoms. The van der Waals surface area contributed by atoms with E-state index in [1.807, 2.05) is 84.9 Å². The van der Waals surface area contributed by atoms with Crippen LogP contribution in [0.4, 0.5) is 0 Å². The number of hydrogen-bond acceptors (Lipinski definition) is 4. The van der Waals surface area contributed by atoms with Crippen LogP contribution in [0.5, 0.6) is 5.75 Å². The van der Waals surface area contributed by atoms with Crippen molar-refractivity contribution in [3.63, 3.8) is 0 Å². The van der Waals surface area contributed by atoms with Gasteiger partial charge in [0.05, 0.1) is 5.56 Å². The van der Waals surface area contributed by atoms with Gasteiger partial charge >= 0.3 is 0 Å². The van der Waals surface area contributed by atoms with Crippen LogP contribution in [0.25, 0.3) is 21.5 Å². The molecule has 1 aliphatic heterocycles. The molecular weight excluding hydrogens is 448 g/mol. The van der Waals surface area contributed by atoms with E-state index in [0.29, 0.717) is 18.3 Å². The number of para-hydroxylation sites is 1. The summed E-state index contributed by atoms with van der Waals surface area (Å²) in [4.78, 5) is 12.6. The Hall–Kier alpha value is -4.64. The highest BCUT2D eigenvalue weighted by atomic mass is 16.5. The topological polar surface area (TPSA) is 51.1 Å². The van der Waals surface area contributed by atoms with E-state index in [1.54, 1.807) is 0 Å². The maximum Gasteiger partial charge on any atom is 0.243 e. The molecule has 0 N–H and O–H groups in total. The van der Waals surface area contributed by atoms with Gasteiger partial charge in [0.25, 0.3) is 0 Å². The number of amides is 1. The highest BCUT2D eigenvalue weighted by Crippen LogP contribution is 2.37. The molecule has 1 amide bonds. The fraction of sp³-hybridized carbons (Fsp3) is 0.0968. The van der Waals surface area contributed by atoms with Gasteiger partial charge in [-0.15, -0.1) is 5.10 Å². The highest BCUT2D eigenvalue weighted by Gasteiger charge is 2.35. The van der Waals surface area contributed by atoms with Gasteiger partial charge in [0.1, 0.15) is 12.4 Å². The zero-order valence-corrected chi connectivity index (χ0v) is 19.8. The second-order valence-corrected chi connectivity index (χ2v) is 8.73. The van der Waals surface area contributed by atoms with Gasteiger partial charge in [0.15, 0.2) is 0 Å². The molecule has 1 atom stereocenters. The monoisotopic (exact) mass is 472 g/mol. The van der Waals surface area contributed by atoms with Gasteiger partial charge in [-0.2, -0.15) is 5.01 Å². The summed E-state index contributed by atoms with van der Waals surface area (Å²) in [5.74, 6) is 0.853. The third-order valence-electron chi connectivity index (χ3n) is 6.43. The predicted octanol–water partition coefficient (Wildman–Crippen LogP) is 6.81. The molecule has 1 aliphatic rings. The Morgan fingerprint density at radius 1 is 0.806 bits per heavy atom. The average molecular weight is 473 g/mol. The van der Waals surface area contributed by atoms with Crippen molar-refractivity contribution in [3.8, 4) is 5.75 Å². The summed E-state index contributed by atoms with van der Waals surface area (Å²) in [5, 5.41) is 10.4. The largest absolute Gasteiger partial charge is 0.488 e. The lowest BCUT2D eigenvalue weighted by Gasteiger charge is -2.22. The molecule has 5 aromatic rings. The number of hydrogen-bond donors (Lipinski definition) is 0. The predicted molar refractivity (Wildman–Crippen MR) is 142 cm³/mol. The van der Waals surface area contributed by atoms with E-state index >= 15 is 0 Å². The molecule has 0 aliphatic carbocycles. The molecule has 5 nitrogen and oxygen atoms in total. The van der Waals surface area contributed by atoms with Gasteiger partial charge in [0.2, 0.25) is 18.0 Å². The number of hydrazone groups is 1. The second-order valence-electron chi connectivity index (χ2n) is 8.73. The van der Waals surface area contributed by atoms with Crippen LogP contribution >= 0.6 is 0 Å². The van der Waals surface area contributed by atoms with E-state index in [4.69, 9.17) is 9.47 Å². The molecule has 0 aromatic heterocycles. The molecule has 5 heteroatoms. The molecule has 0 saturated carbocycles. The normalized spacial score (nSPS) is 15.1. The lowest BCUT2D eigenvalue weighted by Crippen LogP contribution is -2.25. The fourth-order valence-corrected chi connectivity index (χ4v) is 4.68. The highest BCUT2D eigenvalue weighted by molar-refractivity contribution is 6.07. The summed E-state index contributed by atoms with van der Waals surface area (Å²) in [5.41, 5.74) is 2.68. The van der Waals surface area contributed by atoms with E-state index in [1.165, 1.54) is 17.3 Å². The number of fused-ring (bicyclic) bond motifs is 2. The molecule has 176 valence electrons. The average Bonchev–Trinajstić information content (AvgIpc) is 3.37. The minimum atomic E-state index is -0.722. The SMILES string of the molecule is CC(=O)N1N=C(c2cccc3ccccc23)OC1c1ccccc1OCc1cccc2ccccc12. The van der Waals surface area contributed by atoms with Gasteiger partial charge in [-0.05, 0) is 45.3 Å². The lowest BCUT2D eigenvalue weighted by atomic mass is 10.0. The van der Waals surface area contributed by atoms with Crippen LogP contribution < -0.4 is 4.74 Å². The van der Waals surface area contributed by atoms with Gasteiger partial charge in [-0.3, -0.25) is 4.79 Å². The maximum absolute atomic E-state index is 12.6. The van der Waals surface area contributed by atoms with Crippen molar-refractivity contribution < 1.29 is 14.3 Å². The van der Waals surface area contributed by atoms with Crippen molar-refractivity contribution in [3.05, 3.63) is 126 Å². The van der Waals surface area contributed by atoms with Crippen LogP contribution in [0.1, 0.15) is 29.8 Å². The summed E-state index contributed by atoms with van der Waals surface area (Å²) in [6.07, 6.45) is -0.722. The Balaban J connectivity index is 1.33. The molecular formula is C31H24N2O3. The van der Waals surface area contributed by atoms with Crippen molar-refractivity contribution in [2.24, 2.45) is 5.10 Å². The van der Waals surface area contributed by atoms with Crippen LogP contribution in [0.2, 0.25) is 0 Å². The summed E-state index contributed by atoms with van der Waals surface area (Å²) in [6.45, 7) is 1.88. The van der Waals surface area contributed by atoms with Gasteiger partial charge < -0.3 is 9.47 Å². The Morgan fingerprint density at radius 2 is 1.44 bits per heavy atom. The third kappa shape index (κ3) is 3.95.